The maximum atomic E-state index is 12.6. The summed E-state index contributed by atoms with van der Waals surface area (Å²) in [6.45, 7) is 0. The van der Waals surface area contributed by atoms with Crippen LogP contribution in [0.2, 0.25) is 5.02 Å². The Morgan fingerprint density at radius 3 is 2.52 bits per heavy atom. The molecule has 0 amide bonds. The molecule has 2 aromatic carbocycles. The number of benzene rings is 2. The van der Waals surface area contributed by atoms with Gasteiger partial charge in [-0.05, 0) is 42.7 Å². The summed E-state index contributed by atoms with van der Waals surface area (Å²) in [6.07, 6.45) is 0.952. The minimum Gasteiger partial charge on any atom is -0.368 e. The first-order valence-electron chi connectivity index (χ1n) is 8.04. The van der Waals surface area contributed by atoms with Crippen LogP contribution < -0.4 is 11.3 Å². The second-order valence-electron chi connectivity index (χ2n) is 5.93. The number of nitrogen functional groups attached to an aromatic ring is 1. The standard InChI is InChI=1S/C18H16ClN5O3/c19-13-3-1-2-11(10-13)4-9-15-16(22-23(17(15)25)18(20)21)12-5-7-14(8-6-12)24(26)27/h1-3,5-8,10,22H,4,9H2,(H3,20,21). The van der Waals surface area contributed by atoms with E-state index in [2.05, 4.69) is 5.10 Å². The van der Waals surface area contributed by atoms with Gasteiger partial charge < -0.3 is 5.73 Å². The van der Waals surface area contributed by atoms with Crippen molar-refractivity contribution >= 4 is 23.2 Å². The summed E-state index contributed by atoms with van der Waals surface area (Å²) < 4.78 is 0.948. The van der Waals surface area contributed by atoms with Crippen molar-refractivity contribution in [3.63, 3.8) is 0 Å². The molecule has 1 aromatic heterocycles. The summed E-state index contributed by atoms with van der Waals surface area (Å²) in [7, 11) is 0. The number of nitrogens with one attached hydrogen (secondary N) is 2. The van der Waals surface area contributed by atoms with Crippen LogP contribution in [0.15, 0.2) is 53.3 Å². The van der Waals surface area contributed by atoms with Crippen molar-refractivity contribution in [3.05, 3.63) is 85.1 Å². The van der Waals surface area contributed by atoms with Crippen LogP contribution in [-0.2, 0) is 12.8 Å². The average molecular weight is 386 g/mol. The fourth-order valence-corrected chi connectivity index (χ4v) is 3.04. The maximum absolute atomic E-state index is 12.6. The van der Waals surface area contributed by atoms with E-state index in [0.717, 1.165) is 10.2 Å². The first-order valence-corrected chi connectivity index (χ1v) is 8.42. The molecule has 4 N–H and O–H groups in total. The minimum atomic E-state index is -0.493. The van der Waals surface area contributed by atoms with Gasteiger partial charge in [0.1, 0.15) is 0 Å². The Balaban J connectivity index is 2.00. The summed E-state index contributed by atoms with van der Waals surface area (Å²) in [6, 6.07) is 13.2. The van der Waals surface area contributed by atoms with E-state index in [1.54, 1.807) is 18.2 Å². The number of aryl methyl sites for hydroxylation is 1. The van der Waals surface area contributed by atoms with E-state index in [-0.39, 0.29) is 5.69 Å². The molecule has 0 saturated carbocycles. The summed E-state index contributed by atoms with van der Waals surface area (Å²) >= 11 is 6.00. The third-order valence-corrected chi connectivity index (χ3v) is 4.38. The van der Waals surface area contributed by atoms with Crippen molar-refractivity contribution in [2.24, 2.45) is 5.73 Å². The molecule has 0 aliphatic carbocycles. The smallest absolute Gasteiger partial charge is 0.277 e. The monoisotopic (exact) mass is 385 g/mol. The molecule has 0 radical (unpaired) electrons. The molecule has 8 nitrogen and oxygen atoms in total. The largest absolute Gasteiger partial charge is 0.368 e. The Kier molecular flexibility index (Phi) is 5.09. The highest BCUT2D eigenvalue weighted by Crippen LogP contribution is 2.24. The van der Waals surface area contributed by atoms with Crippen molar-refractivity contribution in [3.8, 4) is 11.3 Å². The zero-order chi connectivity index (χ0) is 19.6. The normalized spacial score (nSPS) is 10.7. The van der Waals surface area contributed by atoms with Gasteiger partial charge in [0.2, 0.25) is 5.96 Å². The summed E-state index contributed by atoms with van der Waals surface area (Å²) in [5.41, 5.74) is 7.49. The van der Waals surface area contributed by atoms with Gasteiger partial charge in [0.05, 0.1) is 10.6 Å². The van der Waals surface area contributed by atoms with E-state index in [1.807, 2.05) is 18.2 Å². The summed E-state index contributed by atoms with van der Waals surface area (Å²) in [4.78, 5) is 23.0. The molecular formula is C18H16ClN5O3. The summed E-state index contributed by atoms with van der Waals surface area (Å²) in [5.74, 6) is -0.433. The second-order valence-corrected chi connectivity index (χ2v) is 6.36. The molecule has 0 aliphatic heterocycles. The number of aromatic nitrogens is 2. The molecule has 0 aliphatic rings. The zero-order valence-electron chi connectivity index (χ0n) is 14.1. The molecule has 27 heavy (non-hydrogen) atoms. The third-order valence-electron chi connectivity index (χ3n) is 4.15. The van der Waals surface area contributed by atoms with Gasteiger partial charge in [-0.3, -0.25) is 25.4 Å². The van der Waals surface area contributed by atoms with Crippen molar-refractivity contribution in [2.75, 3.05) is 0 Å². The predicted molar refractivity (Wildman–Crippen MR) is 103 cm³/mol. The fraction of sp³-hybridized carbons (Fsp3) is 0.111. The fourth-order valence-electron chi connectivity index (χ4n) is 2.82. The first-order chi connectivity index (χ1) is 12.9. The SMILES string of the molecule is N=C(N)n1[nH]c(-c2ccc([N+](=O)[O-])cc2)c(CCc2cccc(Cl)c2)c1=O. The van der Waals surface area contributed by atoms with Crippen LogP contribution in [0.5, 0.6) is 0 Å². The topological polar surface area (TPSA) is 131 Å². The Hall–Kier alpha value is -3.39. The Morgan fingerprint density at radius 1 is 1.22 bits per heavy atom. The number of hydrogen-bond acceptors (Lipinski definition) is 4. The van der Waals surface area contributed by atoms with Crippen LogP contribution >= 0.6 is 11.6 Å². The molecule has 1 heterocycles. The number of nitro groups is 1. The lowest BCUT2D eigenvalue weighted by molar-refractivity contribution is -0.384. The molecule has 0 spiro atoms. The van der Waals surface area contributed by atoms with Crippen LogP contribution in [0.4, 0.5) is 5.69 Å². The predicted octanol–water partition coefficient (Wildman–Crippen LogP) is 2.93. The van der Waals surface area contributed by atoms with E-state index < -0.39 is 16.4 Å². The Morgan fingerprint density at radius 2 is 1.93 bits per heavy atom. The molecule has 138 valence electrons. The average Bonchev–Trinajstić information content (AvgIpc) is 2.97. The summed E-state index contributed by atoms with van der Waals surface area (Å²) in [5, 5.41) is 21.8. The molecule has 0 fully saturated rings. The lowest BCUT2D eigenvalue weighted by Gasteiger charge is -2.04. The van der Waals surface area contributed by atoms with E-state index >= 15 is 0 Å². The van der Waals surface area contributed by atoms with Crippen molar-refractivity contribution in [1.29, 1.82) is 5.41 Å². The van der Waals surface area contributed by atoms with Gasteiger partial charge in [-0.25, -0.2) is 0 Å². The van der Waals surface area contributed by atoms with E-state index in [9.17, 15) is 14.9 Å². The third kappa shape index (κ3) is 3.90. The molecule has 3 rings (SSSR count). The van der Waals surface area contributed by atoms with Crippen LogP contribution in [0.1, 0.15) is 11.1 Å². The molecular weight excluding hydrogens is 370 g/mol. The maximum Gasteiger partial charge on any atom is 0.277 e. The number of non-ortho nitro benzene ring substituents is 1. The number of halogens is 1. The number of nitrogens with two attached hydrogens (primary N) is 1. The van der Waals surface area contributed by atoms with Crippen LogP contribution in [-0.4, -0.2) is 20.7 Å². The number of aromatic amines is 1. The van der Waals surface area contributed by atoms with Gasteiger partial charge in [-0.2, -0.15) is 4.68 Å². The van der Waals surface area contributed by atoms with Gasteiger partial charge in [0, 0.05) is 28.3 Å². The van der Waals surface area contributed by atoms with Gasteiger partial charge in [0.25, 0.3) is 11.2 Å². The Bertz CT molecular complexity index is 1070. The Labute approximate surface area is 158 Å². The molecule has 0 unspecified atom stereocenters. The second kappa shape index (κ2) is 7.46. The lowest BCUT2D eigenvalue weighted by atomic mass is 10.0. The zero-order valence-corrected chi connectivity index (χ0v) is 14.9. The van der Waals surface area contributed by atoms with E-state index in [0.29, 0.717) is 34.7 Å². The lowest BCUT2D eigenvalue weighted by Crippen LogP contribution is -2.31. The van der Waals surface area contributed by atoms with Gasteiger partial charge in [0.15, 0.2) is 0 Å². The van der Waals surface area contributed by atoms with Crippen LogP contribution in [0, 0.1) is 15.5 Å². The molecule has 0 atom stereocenters. The van der Waals surface area contributed by atoms with Crippen LogP contribution in [0.25, 0.3) is 11.3 Å². The number of H-pyrrole nitrogens is 1. The molecule has 0 saturated heterocycles. The first kappa shape index (κ1) is 18.4. The quantitative estimate of drug-likeness (QED) is 0.269. The van der Waals surface area contributed by atoms with Gasteiger partial charge in [-0.1, -0.05) is 23.7 Å². The van der Waals surface area contributed by atoms with Crippen LogP contribution in [0.3, 0.4) is 0 Å². The van der Waals surface area contributed by atoms with Crippen molar-refractivity contribution in [2.45, 2.75) is 12.8 Å². The number of hydrogen-bond donors (Lipinski definition) is 3. The van der Waals surface area contributed by atoms with Crippen molar-refractivity contribution < 1.29 is 4.92 Å². The van der Waals surface area contributed by atoms with Gasteiger partial charge in [-0.15, -0.1) is 0 Å². The number of rotatable bonds is 5. The van der Waals surface area contributed by atoms with E-state index in [4.69, 9.17) is 22.7 Å². The molecule has 9 heteroatoms. The van der Waals surface area contributed by atoms with E-state index in [1.165, 1.54) is 12.1 Å². The van der Waals surface area contributed by atoms with Gasteiger partial charge >= 0.3 is 0 Å². The molecule has 0 bridgehead atoms. The number of nitrogens with zero attached hydrogens (tertiary/aromatic N) is 2. The minimum absolute atomic E-state index is 0.0485. The highest BCUT2D eigenvalue weighted by atomic mass is 35.5. The number of nitro benzene ring substituents is 1. The highest BCUT2D eigenvalue weighted by molar-refractivity contribution is 6.30. The highest BCUT2D eigenvalue weighted by Gasteiger charge is 2.18. The molecule has 3 aromatic rings. The van der Waals surface area contributed by atoms with Crippen molar-refractivity contribution in [1.82, 2.24) is 9.78 Å².